The number of methoxy groups -OCH3 is 1. The minimum Gasteiger partial charge on any atom is -0.507 e. The van der Waals surface area contributed by atoms with Crippen molar-refractivity contribution in [1.29, 1.82) is 0 Å². The molecule has 0 amide bonds. The van der Waals surface area contributed by atoms with Crippen molar-refractivity contribution < 1.29 is 44.7 Å². The number of rotatable bonds is 4. The molecule has 0 saturated heterocycles. The van der Waals surface area contributed by atoms with Crippen LogP contribution in [0.5, 0.6) is 11.5 Å². The van der Waals surface area contributed by atoms with Gasteiger partial charge >= 0.3 is 0 Å². The van der Waals surface area contributed by atoms with E-state index in [0.717, 1.165) is 12.1 Å². The molecule has 6 nitrogen and oxygen atoms in total. The Hall–Kier alpha value is -1.86. The van der Waals surface area contributed by atoms with E-state index in [1.54, 1.807) is 18.2 Å². The maximum atomic E-state index is 12.3. The van der Waals surface area contributed by atoms with Crippen LogP contribution in [-0.2, 0) is 27.2 Å². The van der Waals surface area contributed by atoms with Gasteiger partial charge in [0.25, 0.3) is 10.1 Å². The minimum atomic E-state index is -4.59. The molecule has 0 heterocycles. The molecule has 0 spiro atoms. The third kappa shape index (κ3) is 3.66. The van der Waals surface area contributed by atoms with E-state index in [1.165, 1.54) is 19.2 Å². The van der Waals surface area contributed by atoms with Crippen molar-refractivity contribution >= 4 is 15.9 Å². The number of phenolic OH excluding ortho intramolecular Hbond substituents is 1. The van der Waals surface area contributed by atoms with Crippen LogP contribution in [0.25, 0.3) is 0 Å². The van der Waals surface area contributed by atoms with Crippen molar-refractivity contribution in [2.24, 2.45) is 0 Å². The van der Waals surface area contributed by atoms with Gasteiger partial charge < -0.3 is 9.84 Å². The summed E-state index contributed by atoms with van der Waals surface area (Å²) in [5.74, 6) is -1.26. The first-order valence-electron chi connectivity index (χ1n) is 5.83. The number of phenols is 1. The van der Waals surface area contributed by atoms with Crippen LogP contribution >= 0.6 is 0 Å². The van der Waals surface area contributed by atoms with E-state index in [2.05, 4.69) is 0 Å². The van der Waals surface area contributed by atoms with Crippen LogP contribution in [0.3, 0.4) is 0 Å². The van der Waals surface area contributed by atoms with Gasteiger partial charge in [0, 0.05) is 28.7 Å². The van der Waals surface area contributed by atoms with Crippen LogP contribution < -0.4 is 4.74 Å². The van der Waals surface area contributed by atoms with E-state index in [0.29, 0.717) is 0 Å². The number of benzene rings is 2. The summed E-state index contributed by atoms with van der Waals surface area (Å²) in [7, 11) is -3.41. The summed E-state index contributed by atoms with van der Waals surface area (Å²) in [5.41, 5.74) is 0.0360. The van der Waals surface area contributed by atoms with Crippen molar-refractivity contribution in [1.82, 2.24) is 0 Å². The van der Waals surface area contributed by atoms with Gasteiger partial charge in [-0.05, 0) is 6.07 Å². The van der Waals surface area contributed by atoms with Crippen LogP contribution in [0.4, 0.5) is 0 Å². The largest absolute Gasteiger partial charge is 0.507 e. The zero-order valence-electron chi connectivity index (χ0n) is 11.3. The van der Waals surface area contributed by atoms with Crippen LogP contribution in [0.15, 0.2) is 47.4 Å². The van der Waals surface area contributed by atoms with Gasteiger partial charge in [-0.3, -0.25) is 9.35 Å². The Labute approximate surface area is 138 Å². The second-order valence-electron chi connectivity index (χ2n) is 4.19. The topological polar surface area (TPSA) is 101 Å². The fourth-order valence-corrected chi connectivity index (χ4v) is 2.50. The van der Waals surface area contributed by atoms with Gasteiger partial charge in [-0.1, -0.05) is 30.3 Å². The van der Waals surface area contributed by atoms with Crippen LogP contribution in [0.2, 0.25) is 0 Å². The Bertz CT molecular complexity index is 786. The van der Waals surface area contributed by atoms with Crippen LogP contribution in [-0.4, -0.2) is 31.0 Å². The molecule has 0 saturated carbocycles. The van der Waals surface area contributed by atoms with E-state index in [4.69, 9.17) is 9.29 Å². The van der Waals surface area contributed by atoms with E-state index >= 15 is 0 Å². The molecule has 8 heteroatoms. The fraction of sp³-hybridized carbons (Fsp3) is 0.0714. The monoisotopic (exact) mass is 371 g/mol. The predicted molar refractivity (Wildman–Crippen MR) is 74.3 cm³/mol. The molecule has 0 atom stereocenters. The number of ether oxygens (including phenoxy) is 1. The molecule has 0 unspecified atom stereocenters. The zero-order valence-corrected chi connectivity index (χ0v) is 13.0. The molecule has 0 bridgehead atoms. The van der Waals surface area contributed by atoms with Gasteiger partial charge in [-0.25, -0.2) is 0 Å². The molecule has 0 aliphatic heterocycles. The van der Waals surface area contributed by atoms with E-state index in [-0.39, 0.29) is 33.9 Å². The van der Waals surface area contributed by atoms with Crippen LogP contribution in [0, 0.1) is 0 Å². The Kier molecular flexibility index (Phi) is 5.73. The summed E-state index contributed by atoms with van der Waals surface area (Å²) >= 11 is 0. The molecule has 0 aliphatic rings. The maximum Gasteiger partial charge on any atom is 0.298 e. The van der Waals surface area contributed by atoms with Crippen molar-refractivity contribution in [3.8, 4) is 11.5 Å². The normalized spacial score (nSPS) is 10.6. The zero-order chi connectivity index (χ0) is 15.6. The first kappa shape index (κ1) is 18.2. The van der Waals surface area contributed by atoms with Gasteiger partial charge in [0.05, 0.1) is 12.7 Å². The van der Waals surface area contributed by atoms with E-state index < -0.39 is 26.5 Å². The predicted octanol–water partition coefficient (Wildman–Crippen LogP) is 1.88. The summed E-state index contributed by atoms with van der Waals surface area (Å²) < 4.78 is 36.6. The average Bonchev–Trinajstić information content (AvgIpc) is 2.45. The van der Waals surface area contributed by atoms with Gasteiger partial charge in [-0.15, -0.1) is 0 Å². The molecule has 2 rings (SSSR count). The number of carbonyl (C=O) groups excluding carboxylic acids is 1. The third-order valence-corrected chi connectivity index (χ3v) is 3.72. The Balaban J connectivity index is 0.00000242. The van der Waals surface area contributed by atoms with Crippen molar-refractivity contribution in [2.45, 2.75) is 4.90 Å². The van der Waals surface area contributed by atoms with Crippen molar-refractivity contribution in [3.05, 3.63) is 53.6 Å². The molecular weight excluding hydrogens is 360 g/mol. The quantitative estimate of drug-likeness (QED) is 0.483. The average molecular weight is 372 g/mol. The van der Waals surface area contributed by atoms with Gasteiger partial charge in [0.15, 0.2) is 5.78 Å². The Morgan fingerprint density at radius 3 is 2.23 bits per heavy atom. The van der Waals surface area contributed by atoms with Gasteiger partial charge in [0.1, 0.15) is 16.4 Å². The summed E-state index contributed by atoms with van der Waals surface area (Å²) in [6.45, 7) is 0. The van der Waals surface area contributed by atoms with Crippen LogP contribution in [0.1, 0.15) is 15.9 Å². The van der Waals surface area contributed by atoms with Crippen molar-refractivity contribution in [3.63, 3.8) is 0 Å². The number of ketones is 1. The van der Waals surface area contributed by atoms with E-state index in [1.807, 2.05) is 0 Å². The minimum absolute atomic E-state index is 0. The number of hydrogen-bond donors (Lipinski definition) is 2. The second-order valence-corrected chi connectivity index (χ2v) is 5.58. The maximum absolute atomic E-state index is 12.3. The molecule has 1 radical (unpaired) electrons. The molecule has 121 valence electrons. The first-order valence-corrected chi connectivity index (χ1v) is 7.27. The molecule has 0 aromatic heterocycles. The Morgan fingerprint density at radius 2 is 1.73 bits per heavy atom. The SMILES string of the molecule is COc1cc(O)c(C(=O)c2ccccc2)cc1S(=O)(=O)O.[Cu]. The molecule has 2 aromatic rings. The number of hydrogen-bond acceptors (Lipinski definition) is 5. The smallest absolute Gasteiger partial charge is 0.298 e. The molecule has 0 aliphatic carbocycles. The van der Waals surface area contributed by atoms with E-state index in [9.17, 15) is 18.3 Å². The fourth-order valence-electron chi connectivity index (χ4n) is 1.84. The summed E-state index contributed by atoms with van der Waals surface area (Å²) in [4.78, 5) is 11.7. The summed E-state index contributed by atoms with van der Waals surface area (Å²) in [5, 5.41) is 9.87. The molecular formula is C14H12CuO6S. The first-order chi connectivity index (χ1) is 9.84. The standard InChI is InChI=1S/C14H12O6S.Cu/c1-20-12-8-11(15)10(7-13(12)21(17,18)19)14(16)9-5-3-2-4-6-9;/h2-8,15H,1H3,(H,17,18,19);. The second kappa shape index (κ2) is 6.93. The summed E-state index contributed by atoms with van der Waals surface area (Å²) in [6, 6.07) is 9.90. The van der Waals surface area contributed by atoms with Gasteiger partial charge in [0.2, 0.25) is 0 Å². The Morgan fingerprint density at radius 1 is 1.14 bits per heavy atom. The molecule has 2 aromatic carbocycles. The third-order valence-electron chi connectivity index (χ3n) is 2.84. The number of carbonyl (C=O) groups is 1. The molecule has 0 fully saturated rings. The summed E-state index contributed by atoms with van der Waals surface area (Å²) in [6.07, 6.45) is 0. The van der Waals surface area contributed by atoms with Gasteiger partial charge in [-0.2, -0.15) is 8.42 Å². The molecule has 22 heavy (non-hydrogen) atoms. The molecule has 2 N–H and O–H groups in total. The van der Waals surface area contributed by atoms with Crippen molar-refractivity contribution in [2.75, 3.05) is 7.11 Å². The number of aromatic hydroxyl groups is 1.